The van der Waals surface area contributed by atoms with Gasteiger partial charge in [-0.3, -0.25) is 4.79 Å². The van der Waals surface area contributed by atoms with Crippen LogP contribution in [0.15, 0.2) is 39.0 Å². The normalized spacial score (nSPS) is 17.0. The molecule has 1 amide bonds. The monoisotopic (exact) mass is 356 g/mol. The molecule has 22 heavy (non-hydrogen) atoms. The van der Waals surface area contributed by atoms with Crippen molar-refractivity contribution in [3.05, 3.63) is 29.8 Å². The number of anilines is 1. The number of halogens is 1. The smallest absolute Gasteiger partial charge is 0.225 e. The fourth-order valence-corrected chi connectivity index (χ4v) is 3.73. The molecular weight excluding hydrogens is 340 g/mol. The molecule has 0 radical (unpaired) electrons. The van der Waals surface area contributed by atoms with Crippen LogP contribution in [0.5, 0.6) is 0 Å². The van der Waals surface area contributed by atoms with E-state index in [-0.39, 0.29) is 18.3 Å². The lowest BCUT2D eigenvalue weighted by Crippen LogP contribution is -2.27. The van der Waals surface area contributed by atoms with Crippen molar-refractivity contribution in [2.75, 3.05) is 11.9 Å². The number of rotatable bonds is 5. The molecule has 1 aliphatic heterocycles. The Morgan fingerprint density at radius 3 is 2.86 bits per heavy atom. The molecule has 2 heterocycles. The second kappa shape index (κ2) is 8.47. The molecule has 1 fully saturated rings. The Bertz CT molecular complexity index is 585. The highest BCUT2D eigenvalue weighted by atomic mass is 35.5. The fourth-order valence-electron chi connectivity index (χ4n) is 2.28. The molecule has 0 saturated carbocycles. The lowest BCUT2D eigenvalue weighted by Gasteiger charge is -2.10. The number of hydrogen-bond acceptors (Lipinski definition) is 6. The van der Waals surface area contributed by atoms with Crippen LogP contribution in [-0.4, -0.2) is 28.7 Å². The molecule has 2 N–H and O–H groups in total. The van der Waals surface area contributed by atoms with E-state index in [1.165, 1.54) is 11.3 Å². The molecular formula is C14H17ClN4OS2. The minimum Gasteiger partial charge on any atom is -0.326 e. The molecule has 1 aromatic carbocycles. The van der Waals surface area contributed by atoms with Gasteiger partial charge < -0.3 is 10.6 Å². The van der Waals surface area contributed by atoms with Crippen LogP contribution in [0.25, 0.3) is 0 Å². The van der Waals surface area contributed by atoms with Gasteiger partial charge in [0.05, 0.1) is 0 Å². The Kier molecular flexibility index (Phi) is 6.63. The van der Waals surface area contributed by atoms with Crippen LogP contribution in [0.3, 0.4) is 0 Å². The zero-order chi connectivity index (χ0) is 14.5. The van der Waals surface area contributed by atoms with Gasteiger partial charge in [-0.1, -0.05) is 23.1 Å². The zero-order valence-corrected chi connectivity index (χ0v) is 14.3. The summed E-state index contributed by atoms with van der Waals surface area (Å²) >= 11 is 3.08. The number of carbonyl (C=O) groups is 1. The minimum atomic E-state index is 0. The van der Waals surface area contributed by atoms with Crippen molar-refractivity contribution >= 4 is 47.1 Å². The molecule has 118 valence electrons. The molecule has 1 aromatic heterocycles. The van der Waals surface area contributed by atoms with Crippen molar-refractivity contribution in [3.63, 3.8) is 0 Å². The topological polar surface area (TPSA) is 66.9 Å². The Morgan fingerprint density at radius 1 is 1.41 bits per heavy atom. The van der Waals surface area contributed by atoms with Crippen LogP contribution in [0.4, 0.5) is 5.69 Å². The second-order valence-corrected chi connectivity index (χ2v) is 7.03. The van der Waals surface area contributed by atoms with E-state index in [1.807, 2.05) is 24.3 Å². The van der Waals surface area contributed by atoms with Gasteiger partial charge in [0.2, 0.25) is 5.91 Å². The predicted octanol–water partition coefficient (Wildman–Crippen LogP) is 3.19. The van der Waals surface area contributed by atoms with Crippen molar-refractivity contribution in [2.45, 2.75) is 34.5 Å². The number of hydrogen-bond donors (Lipinski definition) is 2. The van der Waals surface area contributed by atoms with Crippen molar-refractivity contribution in [2.24, 2.45) is 0 Å². The number of nitrogens with one attached hydrogen (secondary N) is 2. The maximum atomic E-state index is 11.9. The van der Waals surface area contributed by atoms with Crippen LogP contribution < -0.4 is 10.6 Å². The first kappa shape index (κ1) is 17.2. The van der Waals surface area contributed by atoms with Crippen LogP contribution in [0.1, 0.15) is 19.3 Å². The predicted molar refractivity (Wildman–Crippen MR) is 92.0 cm³/mol. The molecule has 2 aromatic rings. The highest BCUT2D eigenvalue weighted by molar-refractivity contribution is 8.01. The average Bonchev–Trinajstić information content (AvgIpc) is 3.14. The van der Waals surface area contributed by atoms with Crippen LogP contribution >= 0.6 is 35.5 Å². The summed E-state index contributed by atoms with van der Waals surface area (Å²) in [7, 11) is 0. The second-order valence-electron chi connectivity index (χ2n) is 4.88. The number of amides is 1. The third-order valence-corrected chi connectivity index (χ3v) is 5.06. The van der Waals surface area contributed by atoms with E-state index < -0.39 is 0 Å². The van der Waals surface area contributed by atoms with Gasteiger partial charge in [-0.15, -0.1) is 22.6 Å². The lowest BCUT2D eigenvalue weighted by molar-refractivity contribution is -0.116. The van der Waals surface area contributed by atoms with Gasteiger partial charge in [0, 0.05) is 23.0 Å². The van der Waals surface area contributed by atoms with Crippen LogP contribution in [0.2, 0.25) is 0 Å². The first-order chi connectivity index (χ1) is 10.3. The maximum absolute atomic E-state index is 11.9. The Balaban J connectivity index is 0.00000176. The standard InChI is InChI=1S/C14H16N4OS2.ClH/c19-13(8-11-2-1-7-15-11)17-10-3-5-12(6-4-10)21-14-18-16-9-20-14;/h3-6,9,11,15H,1-2,7-8H2,(H,17,19);1H. The van der Waals surface area contributed by atoms with E-state index in [9.17, 15) is 4.79 Å². The Hall–Kier alpha value is -1.15. The summed E-state index contributed by atoms with van der Waals surface area (Å²) in [6.07, 6.45) is 2.79. The van der Waals surface area contributed by atoms with E-state index in [2.05, 4.69) is 20.8 Å². The molecule has 0 bridgehead atoms. The molecule has 5 nitrogen and oxygen atoms in total. The Morgan fingerprint density at radius 2 is 2.23 bits per heavy atom. The van der Waals surface area contributed by atoms with Crippen molar-refractivity contribution < 1.29 is 4.79 Å². The van der Waals surface area contributed by atoms with E-state index in [1.54, 1.807) is 17.3 Å². The molecule has 1 unspecified atom stereocenters. The summed E-state index contributed by atoms with van der Waals surface area (Å²) in [6.45, 7) is 1.02. The number of carbonyl (C=O) groups excluding carboxylic acids is 1. The molecule has 3 rings (SSSR count). The van der Waals surface area contributed by atoms with Crippen molar-refractivity contribution in [3.8, 4) is 0 Å². The SMILES string of the molecule is Cl.O=C(CC1CCCN1)Nc1ccc(Sc2nncs2)cc1. The summed E-state index contributed by atoms with van der Waals surface area (Å²) < 4.78 is 0.916. The zero-order valence-electron chi connectivity index (χ0n) is 11.8. The quantitative estimate of drug-likeness (QED) is 0.861. The van der Waals surface area contributed by atoms with E-state index in [0.29, 0.717) is 12.5 Å². The number of benzene rings is 1. The van der Waals surface area contributed by atoms with Gasteiger partial charge in [-0.25, -0.2) is 0 Å². The van der Waals surface area contributed by atoms with Gasteiger partial charge in [-0.05, 0) is 43.7 Å². The summed E-state index contributed by atoms with van der Waals surface area (Å²) in [6, 6.07) is 8.13. The van der Waals surface area contributed by atoms with Crippen molar-refractivity contribution in [1.29, 1.82) is 0 Å². The third-order valence-electron chi connectivity index (χ3n) is 3.28. The summed E-state index contributed by atoms with van der Waals surface area (Å²) in [5.74, 6) is 0.0685. The number of nitrogens with zero attached hydrogens (tertiary/aromatic N) is 2. The van der Waals surface area contributed by atoms with Crippen molar-refractivity contribution in [1.82, 2.24) is 15.5 Å². The third kappa shape index (κ3) is 4.95. The fraction of sp³-hybridized carbons (Fsp3) is 0.357. The minimum absolute atomic E-state index is 0. The highest BCUT2D eigenvalue weighted by Crippen LogP contribution is 2.29. The number of aromatic nitrogens is 2. The summed E-state index contributed by atoms with van der Waals surface area (Å²) in [4.78, 5) is 13.0. The summed E-state index contributed by atoms with van der Waals surface area (Å²) in [5.41, 5.74) is 2.55. The van der Waals surface area contributed by atoms with E-state index >= 15 is 0 Å². The van der Waals surface area contributed by atoms with Gasteiger partial charge in [0.15, 0.2) is 4.34 Å². The van der Waals surface area contributed by atoms with Crippen LogP contribution in [0, 0.1) is 0 Å². The maximum Gasteiger partial charge on any atom is 0.225 e. The van der Waals surface area contributed by atoms with E-state index in [4.69, 9.17) is 0 Å². The molecule has 1 atom stereocenters. The largest absolute Gasteiger partial charge is 0.326 e. The molecule has 0 spiro atoms. The van der Waals surface area contributed by atoms with Crippen LogP contribution in [-0.2, 0) is 4.79 Å². The highest BCUT2D eigenvalue weighted by Gasteiger charge is 2.17. The van der Waals surface area contributed by atoms with Gasteiger partial charge in [0.1, 0.15) is 5.51 Å². The van der Waals surface area contributed by atoms with Gasteiger partial charge in [0.25, 0.3) is 0 Å². The Labute approximate surface area is 143 Å². The average molecular weight is 357 g/mol. The first-order valence-electron chi connectivity index (χ1n) is 6.87. The summed E-state index contributed by atoms with van der Waals surface area (Å²) in [5, 5.41) is 14.1. The molecule has 1 aliphatic rings. The molecule has 8 heteroatoms. The lowest BCUT2D eigenvalue weighted by atomic mass is 10.1. The van der Waals surface area contributed by atoms with Gasteiger partial charge >= 0.3 is 0 Å². The first-order valence-corrected chi connectivity index (χ1v) is 8.56. The molecule has 0 aliphatic carbocycles. The molecule has 1 saturated heterocycles. The van der Waals surface area contributed by atoms with Gasteiger partial charge in [-0.2, -0.15) is 0 Å². The van der Waals surface area contributed by atoms with E-state index in [0.717, 1.165) is 34.3 Å².